The predicted molar refractivity (Wildman–Crippen MR) is 130 cm³/mol. The van der Waals surface area contributed by atoms with E-state index in [1.54, 1.807) is 0 Å². The molecule has 2 aliphatic carbocycles. The Balaban J connectivity index is 1.78. The summed E-state index contributed by atoms with van der Waals surface area (Å²) in [7, 11) is 0. The minimum atomic E-state index is -4.37. The van der Waals surface area contributed by atoms with Crippen molar-refractivity contribution in [3.8, 4) is 0 Å². The molecule has 5 rings (SSSR count). The summed E-state index contributed by atoms with van der Waals surface area (Å²) in [6.07, 6.45) is 5.23. The number of fused-ring (bicyclic) bond motifs is 6. The third kappa shape index (κ3) is 3.63. The normalized spacial score (nSPS) is 21.9. The summed E-state index contributed by atoms with van der Waals surface area (Å²) in [6, 6.07) is 16.5. The van der Waals surface area contributed by atoms with E-state index in [1.807, 2.05) is 65.8 Å². The van der Waals surface area contributed by atoms with Crippen LogP contribution in [0.5, 0.6) is 0 Å². The Bertz CT molecular complexity index is 1160. The van der Waals surface area contributed by atoms with Crippen molar-refractivity contribution in [3.63, 3.8) is 0 Å². The van der Waals surface area contributed by atoms with Gasteiger partial charge in [-0.3, -0.25) is 0 Å². The van der Waals surface area contributed by atoms with Crippen LogP contribution in [-0.2, 0) is 33.6 Å². The van der Waals surface area contributed by atoms with Crippen molar-refractivity contribution in [2.45, 2.75) is 56.4 Å². The van der Waals surface area contributed by atoms with Crippen molar-refractivity contribution in [3.05, 3.63) is 81.9 Å². The molecule has 2 unspecified atom stereocenters. The molecule has 1 heterocycles. The molecule has 0 spiro atoms. The molecule has 5 heteroatoms. The Kier molecular flexibility index (Phi) is 5.35. The Labute approximate surface area is 206 Å². The zero-order valence-corrected chi connectivity index (χ0v) is 22.3. The van der Waals surface area contributed by atoms with Gasteiger partial charge in [-0.05, 0) is 0 Å². The van der Waals surface area contributed by atoms with Crippen LogP contribution in [-0.4, -0.2) is 11.9 Å². The second-order valence-corrected chi connectivity index (χ2v) is 16.4. The number of carbonyl (C=O) groups is 2. The Hall–Kier alpha value is -2.43. The predicted octanol–water partition coefficient (Wildman–Crippen LogP) is 6.83. The van der Waals surface area contributed by atoms with Gasteiger partial charge in [-0.25, -0.2) is 0 Å². The first-order valence-electron chi connectivity index (χ1n) is 12.0. The minimum absolute atomic E-state index is 0.179. The van der Waals surface area contributed by atoms with Crippen LogP contribution in [0.3, 0.4) is 0 Å². The molecule has 0 radical (unpaired) electrons. The molecule has 4 nitrogen and oxygen atoms in total. The topological polar surface area (TPSA) is 52.6 Å². The number of benzene rings is 2. The molecule has 2 aromatic rings. The van der Waals surface area contributed by atoms with Gasteiger partial charge in [0, 0.05) is 0 Å². The molecule has 176 valence electrons. The van der Waals surface area contributed by atoms with Crippen molar-refractivity contribution < 1.29 is 33.6 Å². The van der Waals surface area contributed by atoms with Gasteiger partial charge in [-0.2, -0.15) is 0 Å². The summed E-state index contributed by atoms with van der Waals surface area (Å²) in [4.78, 5) is 27.1. The van der Waals surface area contributed by atoms with Gasteiger partial charge in [-0.1, -0.05) is 0 Å². The maximum absolute atomic E-state index is 13.6. The number of hydrogen-bond donors (Lipinski definition) is 0. The molecule has 0 saturated carbocycles. The fourth-order valence-corrected chi connectivity index (χ4v) is 12.8. The average Bonchev–Trinajstić information content (AvgIpc) is 3.30. The molecule has 34 heavy (non-hydrogen) atoms. The van der Waals surface area contributed by atoms with Crippen molar-refractivity contribution in [1.82, 2.24) is 0 Å². The molecule has 2 atom stereocenters. The van der Waals surface area contributed by atoms with E-state index in [-0.39, 0.29) is 20.4 Å². The van der Waals surface area contributed by atoms with Crippen LogP contribution in [0, 0.1) is 10.8 Å². The molecular weight excluding hydrogens is 460 g/mol. The standard InChI is InChI=1S/C19H14.2C5H10O2.Ti/c1-2-6-17-11-14(10-16(17)5-1)9-15-12-18-7-3-4-8-19(18)13-15;2*1-5(2,3)4(6)7;/h1-8,10-13H,9H2;2*1-3H3,(H,6,7);/q;;;+2/p-2. The van der Waals surface area contributed by atoms with E-state index in [2.05, 4.69) is 36.4 Å². The number of rotatable bonds is 2. The van der Waals surface area contributed by atoms with Crippen LogP contribution >= 0.6 is 0 Å². The van der Waals surface area contributed by atoms with E-state index in [9.17, 15) is 9.59 Å². The molecular formula is C29H32O4Ti. The second kappa shape index (κ2) is 7.79. The van der Waals surface area contributed by atoms with Crippen molar-refractivity contribution in [2.75, 3.05) is 0 Å². The van der Waals surface area contributed by atoms with Gasteiger partial charge < -0.3 is 0 Å². The zero-order chi connectivity index (χ0) is 24.5. The van der Waals surface area contributed by atoms with Crippen LogP contribution in [0.2, 0.25) is 0 Å². The zero-order valence-electron chi connectivity index (χ0n) is 20.8. The molecule has 2 aromatic carbocycles. The molecule has 1 saturated heterocycles. The molecule has 0 aromatic heterocycles. The van der Waals surface area contributed by atoms with Gasteiger partial charge in [0.25, 0.3) is 0 Å². The van der Waals surface area contributed by atoms with Gasteiger partial charge in [0.15, 0.2) is 0 Å². The first-order valence-corrected chi connectivity index (χ1v) is 15.1. The van der Waals surface area contributed by atoms with Crippen molar-refractivity contribution >= 4 is 24.1 Å². The van der Waals surface area contributed by atoms with E-state index in [0.717, 1.165) is 28.7 Å². The first kappa shape index (κ1) is 23.3. The monoisotopic (exact) mass is 492 g/mol. The third-order valence-corrected chi connectivity index (χ3v) is 13.2. The summed E-state index contributed by atoms with van der Waals surface area (Å²) in [5, 5.41) is 0. The summed E-state index contributed by atoms with van der Waals surface area (Å²) in [6.45, 7) is 11.2. The number of allylic oxidation sites excluding steroid dienone is 2. The Morgan fingerprint density at radius 3 is 1.47 bits per heavy atom. The molecule has 1 aliphatic heterocycles. The van der Waals surface area contributed by atoms with Crippen LogP contribution in [0.25, 0.3) is 12.2 Å². The number of hydrogen-bond acceptors (Lipinski definition) is 4. The van der Waals surface area contributed by atoms with E-state index in [0.29, 0.717) is 0 Å². The molecule has 0 N–H and O–H groups in total. The van der Waals surface area contributed by atoms with Crippen LogP contribution in [0.4, 0.5) is 0 Å². The van der Waals surface area contributed by atoms with E-state index < -0.39 is 28.2 Å². The third-order valence-electron chi connectivity index (χ3n) is 6.98. The van der Waals surface area contributed by atoms with E-state index in [1.165, 1.54) is 11.1 Å². The van der Waals surface area contributed by atoms with Gasteiger partial charge in [0.1, 0.15) is 0 Å². The van der Waals surface area contributed by atoms with Crippen LogP contribution in [0.1, 0.15) is 78.7 Å². The fourth-order valence-electron chi connectivity index (χ4n) is 5.29. The summed E-state index contributed by atoms with van der Waals surface area (Å²) < 4.78 is 13.0. The van der Waals surface area contributed by atoms with Crippen LogP contribution in [0.15, 0.2) is 59.7 Å². The van der Waals surface area contributed by atoms with Gasteiger partial charge >= 0.3 is 207 Å². The van der Waals surface area contributed by atoms with Crippen molar-refractivity contribution in [2.24, 2.45) is 10.8 Å². The Morgan fingerprint density at radius 1 is 0.706 bits per heavy atom. The Morgan fingerprint density at radius 2 is 1.09 bits per heavy atom. The first-order chi connectivity index (χ1) is 15.9. The van der Waals surface area contributed by atoms with E-state index >= 15 is 0 Å². The van der Waals surface area contributed by atoms with Crippen molar-refractivity contribution in [1.29, 1.82) is 0 Å². The molecule has 0 amide bonds. The summed E-state index contributed by atoms with van der Waals surface area (Å²) in [5.74, 6) is -0.604. The van der Waals surface area contributed by atoms with Crippen LogP contribution < -0.4 is 0 Å². The van der Waals surface area contributed by atoms with Gasteiger partial charge in [0.2, 0.25) is 0 Å². The fraction of sp³-hybridized carbons (Fsp3) is 0.379. The summed E-state index contributed by atoms with van der Waals surface area (Å²) >= 11 is -4.37. The summed E-state index contributed by atoms with van der Waals surface area (Å²) in [5.41, 5.74) is 5.45. The SMILES string of the molecule is CC(C)(C)C(=O)[O][Ti]1([O]C(=O)C(C)(C)C)[CH]2C(=Cc3ccccc32)CC2=Cc3ccccc3[CH]21. The maximum atomic E-state index is 13.6. The second-order valence-electron chi connectivity index (χ2n) is 11.7. The molecule has 3 aliphatic rings. The number of carbonyl (C=O) groups excluding carboxylic acids is 2. The molecule has 0 bridgehead atoms. The van der Waals surface area contributed by atoms with Gasteiger partial charge in [-0.15, -0.1) is 0 Å². The quantitative estimate of drug-likeness (QED) is 0.432. The van der Waals surface area contributed by atoms with E-state index in [4.69, 9.17) is 6.64 Å². The van der Waals surface area contributed by atoms with Gasteiger partial charge in [0.05, 0.1) is 0 Å². The molecule has 1 fully saturated rings. The average molecular weight is 492 g/mol.